The lowest BCUT2D eigenvalue weighted by molar-refractivity contribution is -0.122. The fourth-order valence-electron chi connectivity index (χ4n) is 2.45. The summed E-state index contributed by atoms with van der Waals surface area (Å²) in [4.78, 5) is 37.7. The van der Waals surface area contributed by atoms with Gasteiger partial charge >= 0.3 is 0 Å². The molecule has 0 bridgehead atoms. The molecule has 0 unspecified atom stereocenters. The molecule has 1 heterocycles. The summed E-state index contributed by atoms with van der Waals surface area (Å²) in [6.45, 7) is -0.0640. The third kappa shape index (κ3) is 4.66. The van der Waals surface area contributed by atoms with Gasteiger partial charge in [0.1, 0.15) is 11.6 Å². The fraction of sp³-hybridized carbons (Fsp3) is 0.105. The highest BCUT2D eigenvalue weighted by Crippen LogP contribution is 2.31. The number of carbonyl (C=O) groups is 3. The first-order valence-electron chi connectivity index (χ1n) is 8.09. The van der Waals surface area contributed by atoms with Gasteiger partial charge in [-0.15, -0.1) is 0 Å². The van der Waals surface area contributed by atoms with E-state index in [-0.39, 0.29) is 23.6 Å². The number of amides is 3. The van der Waals surface area contributed by atoms with Crippen molar-refractivity contribution in [3.8, 4) is 0 Å². The number of nitrogens with one attached hydrogen (secondary N) is 1. The molecule has 1 aliphatic rings. The van der Waals surface area contributed by atoms with E-state index in [0.29, 0.717) is 10.0 Å². The normalized spacial score (nSPS) is 15.4. The Bertz CT molecular complexity index is 980. The van der Waals surface area contributed by atoms with Crippen LogP contribution < -0.4 is 5.32 Å². The van der Waals surface area contributed by atoms with Crippen LogP contribution in [0.3, 0.4) is 0 Å². The van der Waals surface area contributed by atoms with Crippen molar-refractivity contribution in [3.63, 3.8) is 0 Å². The molecule has 5 nitrogen and oxygen atoms in total. The van der Waals surface area contributed by atoms with E-state index in [9.17, 15) is 23.2 Å². The Morgan fingerprint density at radius 1 is 1.14 bits per heavy atom. The molecule has 0 spiro atoms. The van der Waals surface area contributed by atoms with E-state index < -0.39 is 28.7 Å². The van der Waals surface area contributed by atoms with Crippen molar-refractivity contribution < 1.29 is 23.2 Å². The Hall–Kier alpha value is -2.52. The summed E-state index contributed by atoms with van der Waals surface area (Å²) >= 11 is 3.88. The topological polar surface area (TPSA) is 66.5 Å². The molecule has 2 aromatic rings. The number of hydrogen-bond donors (Lipinski definition) is 1. The third-order valence-corrected chi connectivity index (χ3v) is 5.24. The van der Waals surface area contributed by atoms with Gasteiger partial charge < -0.3 is 5.32 Å². The van der Waals surface area contributed by atoms with E-state index >= 15 is 0 Å². The number of benzene rings is 2. The van der Waals surface area contributed by atoms with Crippen molar-refractivity contribution in [2.75, 3.05) is 13.1 Å². The second-order valence-corrected chi connectivity index (χ2v) is 7.67. The second-order valence-electron chi connectivity index (χ2n) is 5.76. The molecule has 0 saturated carbocycles. The number of hydrogen-bond acceptors (Lipinski definition) is 4. The van der Waals surface area contributed by atoms with Crippen molar-refractivity contribution in [3.05, 3.63) is 74.6 Å². The molecule has 1 saturated heterocycles. The molecule has 144 valence electrons. The van der Waals surface area contributed by atoms with E-state index in [4.69, 9.17) is 0 Å². The molecule has 3 rings (SSSR count). The average Bonchev–Trinajstić information content (AvgIpc) is 2.91. The van der Waals surface area contributed by atoms with Crippen LogP contribution in [0.1, 0.15) is 15.9 Å². The molecule has 3 amide bonds. The van der Waals surface area contributed by atoms with E-state index in [1.54, 1.807) is 0 Å². The SMILES string of the molecule is O=C(NCCN1C(=O)S/C(=C\c2ccc(F)cc2)C1=O)c1ccc(Br)cc1F. The van der Waals surface area contributed by atoms with Crippen molar-refractivity contribution in [1.82, 2.24) is 10.2 Å². The van der Waals surface area contributed by atoms with Crippen molar-refractivity contribution in [1.29, 1.82) is 0 Å². The number of carbonyl (C=O) groups excluding carboxylic acids is 3. The zero-order valence-electron chi connectivity index (χ0n) is 14.2. The number of thioether (sulfide) groups is 1. The van der Waals surface area contributed by atoms with Gasteiger partial charge in [-0.1, -0.05) is 28.1 Å². The monoisotopic (exact) mass is 466 g/mol. The van der Waals surface area contributed by atoms with E-state index in [2.05, 4.69) is 21.2 Å². The maximum Gasteiger partial charge on any atom is 0.293 e. The number of nitrogens with zero attached hydrogens (tertiary/aromatic N) is 1. The molecule has 1 fully saturated rings. The molecule has 0 atom stereocenters. The Morgan fingerprint density at radius 2 is 1.86 bits per heavy atom. The lowest BCUT2D eigenvalue weighted by Gasteiger charge is -2.13. The summed E-state index contributed by atoms with van der Waals surface area (Å²) in [6, 6.07) is 9.55. The predicted octanol–water partition coefficient (Wildman–Crippen LogP) is 4.19. The summed E-state index contributed by atoms with van der Waals surface area (Å²) in [5, 5.41) is 2.02. The molecular weight excluding hydrogens is 454 g/mol. The molecule has 1 N–H and O–H groups in total. The average molecular weight is 467 g/mol. The van der Waals surface area contributed by atoms with Crippen LogP contribution in [0.5, 0.6) is 0 Å². The zero-order chi connectivity index (χ0) is 20.3. The fourth-order valence-corrected chi connectivity index (χ4v) is 3.65. The third-order valence-electron chi connectivity index (χ3n) is 3.84. The molecule has 0 aromatic heterocycles. The van der Waals surface area contributed by atoms with Crippen molar-refractivity contribution >= 4 is 50.8 Å². The lowest BCUT2D eigenvalue weighted by atomic mass is 10.2. The van der Waals surface area contributed by atoms with Crippen LogP contribution in [0.2, 0.25) is 0 Å². The predicted molar refractivity (Wildman–Crippen MR) is 106 cm³/mol. The molecule has 0 radical (unpaired) electrons. The first-order valence-corrected chi connectivity index (χ1v) is 9.70. The van der Waals surface area contributed by atoms with Gasteiger partial charge in [0.2, 0.25) is 0 Å². The molecule has 2 aromatic carbocycles. The highest BCUT2D eigenvalue weighted by atomic mass is 79.9. The quantitative estimate of drug-likeness (QED) is 0.670. The van der Waals surface area contributed by atoms with E-state index in [1.165, 1.54) is 48.5 Å². The van der Waals surface area contributed by atoms with Crippen LogP contribution in [-0.2, 0) is 4.79 Å². The summed E-state index contributed by atoms with van der Waals surface area (Å²) < 4.78 is 27.3. The van der Waals surface area contributed by atoms with Gasteiger partial charge in [-0.2, -0.15) is 0 Å². The summed E-state index contributed by atoms with van der Waals surface area (Å²) in [5.41, 5.74) is 0.458. The zero-order valence-corrected chi connectivity index (χ0v) is 16.6. The minimum Gasteiger partial charge on any atom is -0.350 e. The molecule has 0 aliphatic carbocycles. The molecular formula is C19H13BrF2N2O3S. The van der Waals surface area contributed by atoms with Crippen LogP contribution in [0.25, 0.3) is 6.08 Å². The summed E-state index contributed by atoms with van der Waals surface area (Å²) in [6.07, 6.45) is 1.50. The Kier molecular flexibility index (Phi) is 6.25. The van der Waals surface area contributed by atoms with Gasteiger partial charge in [0.15, 0.2) is 0 Å². The minimum absolute atomic E-state index is 0.0177. The van der Waals surface area contributed by atoms with Gasteiger partial charge in [-0.05, 0) is 53.7 Å². The van der Waals surface area contributed by atoms with Gasteiger partial charge in [0, 0.05) is 17.6 Å². The molecule has 9 heteroatoms. The first-order chi connectivity index (χ1) is 13.3. The summed E-state index contributed by atoms with van der Waals surface area (Å²) in [5.74, 6) is -2.22. The lowest BCUT2D eigenvalue weighted by Crippen LogP contribution is -2.37. The van der Waals surface area contributed by atoms with E-state index in [0.717, 1.165) is 16.7 Å². The Balaban J connectivity index is 1.60. The van der Waals surface area contributed by atoms with Crippen LogP contribution in [0.4, 0.5) is 13.6 Å². The number of halogens is 3. The Morgan fingerprint density at radius 3 is 2.54 bits per heavy atom. The van der Waals surface area contributed by atoms with Gasteiger partial charge in [-0.25, -0.2) is 8.78 Å². The van der Waals surface area contributed by atoms with Crippen molar-refractivity contribution in [2.24, 2.45) is 0 Å². The van der Waals surface area contributed by atoms with Crippen LogP contribution in [0.15, 0.2) is 51.8 Å². The minimum atomic E-state index is -0.680. The van der Waals surface area contributed by atoms with Crippen molar-refractivity contribution in [2.45, 2.75) is 0 Å². The Labute approximate surface area is 171 Å². The van der Waals surface area contributed by atoms with Crippen LogP contribution >= 0.6 is 27.7 Å². The second kappa shape index (κ2) is 8.66. The standard InChI is InChI=1S/C19H13BrF2N2O3S/c20-12-3-6-14(15(22)10-12)17(25)23-7-8-24-18(26)16(28-19(24)27)9-11-1-4-13(21)5-2-11/h1-6,9-10H,7-8H2,(H,23,25)/b16-9-. The number of imide groups is 1. The highest BCUT2D eigenvalue weighted by molar-refractivity contribution is 9.10. The van der Waals surface area contributed by atoms with Gasteiger partial charge in [-0.3, -0.25) is 19.3 Å². The van der Waals surface area contributed by atoms with E-state index in [1.807, 2.05) is 0 Å². The van der Waals surface area contributed by atoms with Crippen LogP contribution in [-0.4, -0.2) is 35.0 Å². The molecule has 28 heavy (non-hydrogen) atoms. The van der Waals surface area contributed by atoms with Gasteiger partial charge in [0.25, 0.3) is 17.1 Å². The largest absolute Gasteiger partial charge is 0.350 e. The molecule has 1 aliphatic heterocycles. The smallest absolute Gasteiger partial charge is 0.293 e. The summed E-state index contributed by atoms with van der Waals surface area (Å²) in [7, 11) is 0. The van der Waals surface area contributed by atoms with Crippen LogP contribution in [0, 0.1) is 11.6 Å². The highest BCUT2D eigenvalue weighted by Gasteiger charge is 2.34. The first kappa shape index (κ1) is 20.2. The maximum absolute atomic E-state index is 13.8. The van der Waals surface area contributed by atoms with Gasteiger partial charge in [0.05, 0.1) is 10.5 Å². The number of rotatable bonds is 5. The maximum atomic E-state index is 13.8.